The van der Waals surface area contributed by atoms with Gasteiger partial charge in [-0.2, -0.15) is 0 Å². The molecule has 1 aliphatic rings. The van der Waals surface area contributed by atoms with Crippen LogP contribution in [-0.2, 0) is 27.9 Å². The number of carbonyl (C=O) groups excluding carboxylic acids is 2. The number of nitrogens with one attached hydrogen (secondary N) is 2. The molecule has 2 N–H and O–H groups in total. The van der Waals surface area contributed by atoms with E-state index in [1.54, 1.807) is 25.2 Å². The minimum atomic E-state index is -0.599. The Labute approximate surface area is 189 Å². The van der Waals surface area contributed by atoms with Gasteiger partial charge in [0.1, 0.15) is 12.4 Å². The second kappa shape index (κ2) is 9.97. The molecule has 9 nitrogen and oxygen atoms in total. The maximum atomic E-state index is 14.2. The summed E-state index contributed by atoms with van der Waals surface area (Å²) in [4.78, 5) is 39.5. The van der Waals surface area contributed by atoms with E-state index in [1.807, 2.05) is 6.07 Å². The van der Waals surface area contributed by atoms with Crippen molar-refractivity contribution in [1.29, 1.82) is 0 Å². The zero-order valence-corrected chi connectivity index (χ0v) is 18.3. The number of aromatic nitrogens is 2. The lowest BCUT2D eigenvalue weighted by atomic mass is 10.2. The molecular weight excluding hydrogens is 429 g/mol. The average molecular weight is 455 g/mol. The van der Waals surface area contributed by atoms with Gasteiger partial charge < -0.3 is 15.4 Å². The Bertz CT molecular complexity index is 1230. The second-order valence-electron chi connectivity index (χ2n) is 7.91. The third kappa shape index (κ3) is 5.29. The Kier molecular flexibility index (Phi) is 6.85. The van der Waals surface area contributed by atoms with Crippen LogP contribution >= 0.6 is 0 Å². The largest absolute Gasteiger partial charge is 0.379 e. The van der Waals surface area contributed by atoms with Crippen molar-refractivity contribution < 1.29 is 18.7 Å². The number of para-hydroxylation sites is 2. The number of fused-ring (bicyclic) bond motifs is 1. The van der Waals surface area contributed by atoms with Gasteiger partial charge in [-0.25, -0.2) is 9.18 Å². The normalized spacial score (nSPS) is 14.4. The van der Waals surface area contributed by atoms with Crippen LogP contribution < -0.4 is 16.3 Å². The van der Waals surface area contributed by atoms with Gasteiger partial charge in [0.2, 0.25) is 11.8 Å². The maximum absolute atomic E-state index is 14.2. The fraction of sp³-hybridized carbons (Fsp3) is 0.348. The molecule has 2 aromatic carbocycles. The number of anilines is 2. The van der Waals surface area contributed by atoms with Crippen LogP contribution in [0, 0.1) is 5.82 Å². The van der Waals surface area contributed by atoms with Crippen LogP contribution in [-0.4, -0.2) is 58.7 Å². The number of morpholine rings is 1. The van der Waals surface area contributed by atoms with Crippen molar-refractivity contribution >= 4 is 34.2 Å². The minimum absolute atomic E-state index is 0.0119. The summed E-state index contributed by atoms with van der Waals surface area (Å²) in [7, 11) is 1.65. The molecule has 0 spiro atoms. The first-order chi connectivity index (χ1) is 15.9. The summed E-state index contributed by atoms with van der Waals surface area (Å²) in [6.45, 7) is 3.18. The molecular formula is C23H26FN5O4. The number of amides is 2. The highest BCUT2D eigenvalue weighted by Gasteiger charge is 2.16. The summed E-state index contributed by atoms with van der Waals surface area (Å²) in [5.74, 6) is -1.35. The molecule has 3 aromatic rings. The summed E-state index contributed by atoms with van der Waals surface area (Å²) in [6.07, 6.45) is 0.222. The Morgan fingerprint density at radius 1 is 1.03 bits per heavy atom. The first-order valence-electron chi connectivity index (χ1n) is 10.8. The van der Waals surface area contributed by atoms with Crippen molar-refractivity contribution in [2.75, 3.05) is 43.5 Å². The molecule has 0 bridgehead atoms. The first-order valence-corrected chi connectivity index (χ1v) is 10.8. The highest BCUT2D eigenvalue weighted by atomic mass is 19.1. The molecule has 1 saturated heterocycles. The van der Waals surface area contributed by atoms with Gasteiger partial charge in [-0.1, -0.05) is 12.1 Å². The number of imidazole rings is 1. The lowest BCUT2D eigenvalue weighted by Crippen LogP contribution is -2.38. The Morgan fingerprint density at radius 3 is 2.52 bits per heavy atom. The molecule has 0 radical (unpaired) electrons. The van der Waals surface area contributed by atoms with Crippen LogP contribution in [0.2, 0.25) is 0 Å². The molecule has 0 unspecified atom stereocenters. The van der Waals surface area contributed by atoms with Gasteiger partial charge in [-0.05, 0) is 30.3 Å². The van der Waals surface area contributed by atoms with E-state index in [4.69, 9.17) is 4.74 Å². The highest BCUT2D eigenvalue weighted by Crippen LogP contribution is 2.20. The monoisotopic (exact) mass is 455 g/mol. The molecule has 2 amide bonds. The van der Waals surface area contributed by atoms with Crippen LogP contribution in [0.25, 0.3) is 11.0 Å². The van der Waals surface area contributed by atoms with Gasteiger partial charge in [-0.15, -0.1) is 0 Å². The van der Waals surface area contributed by atoms with Crippen molar-refractivity contribution in [3.05, 3.63) is 58.8 Å². The van der Waals surface area contributed by atoms with Crippen molar-refractivity contribution in [3.8, 4) is 0 Å². The van der Waals surface area contributed by atoms with Gasteiger partial charge in [0.25, 0.3) is 0 Å². The predicted octanol–water partition coefficient (Wildman–Crippen LogP) is 1.78. The molecule has 10 heteroatoms. The first kappa shape index (κ1) is 22.7. The van der Waals surface area contributed by atoms with Gasteiger partial charge in [0.15, 0.2) is 0 Å². The third-order valence-electron chi connectivity index (χ3n) is 5.64. The topological polar surface area (TPSA) is 97.6 Å². The number of hydrogen-bond donors (Lipinski definition) is 2. The number of carbonyl (C=O) groups is 2. The van der Waals surface area contributed by atoms with E-state index >= 15 is 0 Å². The zero-order valence-electron chi connectivity index (χ0n) is 18.3. The molecule has 2 heterocycles. The van der Waals surface area contributed by atoms with Crippen molar-refractivity contribution in [1.82, 2.24) is 14.0 Å². The highest BCUT2D eigenvalue weighted by molar-refractivity contribution is 5.94. The number of halogens is 1. The van der Waals surface area contributed by atoms with Gasteiger partial charge >= 0.3 is 5.69 Å². The molecule has 1 aliphatic heterocycles. The average Bonchev–Trinajstić information content (AvgIpc) is 3.05. The third-order valence-corrected chi connectivity index (χ3v) is 5.64. The van der Waals surface area contributed by atoms with Gasteiger partial charge in [0.05, 0.1) is 29.9 Å². The number of benzene rings is 2. The Morgan fingerprint density at radius 2 is 1.76 bits per heavy atom. The second-order valence-corrected chi connectivity index (χ2v) is 7.91. The van der Waals surface area contributed by atoms with Gasteiger partial charge in [0, 0.05) is 38.8 Å². The summed E-state index contributed by atoms with van der Waals surface area (Å²) in [5, 5.41) is 5.24. The smallest absolute Gasteiger partial charge is 0.329 e. The van der Waals surface area contributed by atoms with E-state index in [9.17, 15) is 18.8 Å². The lowest BCUT2D eigenvalue weighted by molar-refractivity contribution is -0.117. The van der Waals surface area contributed by atoms with Crippen molar-refractivity contribution in [2.45, 2.75) is 13.0 Å². The minimum Gasteiger partial charge on any atom is -0.379 e. The summed E-state index contributed by atoms with van der Waals surface area (Å²) in [5.41, 5.74) is 1.37. The van der Waals surface area contributed by atoms with E-state index in [-0.39, 0.29) is 30.2 Å². The molecule has 33 heavy (non-hydrogen) atoms. The number of hydrogen-bond acceptors (Lipinski definition) is 5. The van der Waals surface area contributed by atoms with E-state index in [0.717, 1.165) is 18.6 Å². The lowest BCUT2D eigenvalue weighted by Gasteiger charge is -2.26. The number of ether oxygens (including phenoxy) is 1. The predicted molar refractivity (Wildman–Crippen MR) is 123 cm³/mol. The van der Waals surface area contributed by atoms with Crippen LogP contribution in [0.1, 0.15) is 6.42 Å². The zero-order chi connectivity index (χ0) is 23.4. The molecule has 1 fully saturated rings. The molecule has 1 aromatic heterocycles. The molecule has 0 atom stereocenters. The fourth-order valence-electron chi connectivity index (χ4n) is 3.86. The maximum Gasteiger partial charge on any atom is 0.329 e. The van der Waals surface area contributed by atoms with Crippen LogP contribution in [0.3, 0.4) is 0 Å². The molecule has 0 aliphatic carbocycles. The standard InChI is InChI=1S/C23H26FN5O4/c1-27-19-4-2-3-5-20(19)29(23(27)32)15-22(31)25-16-6-7-17(24)18(14-16)26-21(30)8-9-28-10-12-33-13-11-28/h2-7,14H,8-13,15H2,1H3,(H,25,31)(H,26,30). The number of aryl methyl sites for hydroxylation is 1. The van der Waals surface area contributed by atoms with E-state index in [1.165, 1.54) is 27.3 Å². The number of nitrogens with zero attached hydrogens (tertiary/aromatic N) is 3. The number of rotatable bonds is 7. The molecule has 4 rings (SSSR count). The molecule has 0 saturated carbocycles. The fourth-order valence-corrected chi connectivity index (χ4v) is 3.86. The van der Waals surface area contributed by atoms with Gasteiger partial charge in [-0.3, -0.25) is 23.6 Å². The Hall–Kier alpha value is -3.50. The van der Waals surface area contributed by atoms with Crippen molar-refractivity contribution in [2.24, 2.45) is 7.05 Å². The summed E-state index contributed by atoms with van der Waals surface area (Å²) in [6, 6.07) is 11.1. The summed E-state index contributed by atoms with van der Waals surface area (Å²) < 4.78 is 22.4. The van der Waals surface area contributed by atoms with E-state index < -0.39 is 11.7 Å². The van der Waals surface area contributed by atoms with Crippen molar-refractivity contribution in [3.63, 3.8) is 0 Å². The van der Waals surface area contributed by atoms with Crippen LogP contribution in [0.5, 0.6) is 0 Å². The van der Waals surface area contributed by atoms with E-state index in [2.05, 4.69) is 15.5 Å². The SMILES string of the molecule is Cn1c(=O)n(CC(=O)Nc2ccc(F)c(NC(=O)CCN3CCOCC3)c2)c2ccccc21. The summed E-state index contributed by atoms with van der Waals surface area (Å²) >= 11 is 0. The van der Waals surface area contributed by atoms with Crippen LogP contribution in [0.15, 0.2) is 47.3 Å². The Balaban J connectivity index is 1.39. The van der Waals surface area contributed by atoms with E-state index in [0.29, 0.717) is 31.0 Å². The molecule has 174 valence electrons. The van der Waals surface area contributed by atoms with Crippen LogP contribution in [0.4, 0.5) is 15.8 Å². The quantitative estimate of drug-likeness (QED) is 0.566.